The number of aromatic amines is 1. The summed E-state index contributed by atoms with van der Waals surface area (Å²) in [6.45, 7) is 6.77. The number of ether oxygens (including phenoxy) is 1. The van der Waals surface area contributed by atoms with Crippen LogP contribution < -0.4 is 10.3 Å². The summed E-state index contributed by atoms with van der Waals surface area (Å²) in [5, 5.41) is 0. The van der Waals surface area contributed by atoms with Crippen LogP contribution in [0, 0.1) is 0 Å². The summed E-state index contributed by atoms with van der Waals surface area (Å²) >= 11 is 0. The molecule has 0 saturated carbocycles. The van der Waals surface area contributed by atoms with E-state index in [9.17, 15) is 13.2 Å². The molecule has 0 radical (unpaired) electrons. The Labute approximate surface area is 177 Å². The Morgan fingerprint density at radius 2 is 1.83 bits per heavy atom. The number of H-pyrrole nitrogens is 1. The Kier molecular flexibility index (Phi) is 7.27. The van der Waals surface area contributed by atoms with Gasteiger partial charge in [-0.05, 0) is 38.1 Å². The second-order valence-electron chi connectivity index (χ2n) is 7.55. The highest BCUT2D eigenvalue weighted by molar-refractivity contribution is 7.89. The number of rotatable bonds is 8. The first-order valence-electron chi connectivity index (χ1n) is 10.4. The van der Waals surface area contributed by atoms with Gasteiger partial charge in [-0.1, -0.05) is 20.3 Å². The lowest BCUT2D eigenvalue weighted by molar-refractivity contribution is 0.222. The van der Waals surface area contributed by atoms with E-state index < -0.39 is 10.0 Å². The molecule has 1 fully saturated rings. The second-order valence-corrected chi connectivity index (χ2v) is 9.49. The van der Waals surface area contributed by atoms with E-state index >= 15 is 0 Å². The molecule has 0 spiro atoms. The third kappa shape index (κ3) is 5.08. The van der Waals surface area contributed by atoms with E-state index in [-0.39, 0.29) is 10.5 Å². The van der Waals surface area contributed by atoms with Crippen molar-refractivity contribution in [3.8, 4) is 17.1 Å². The van der Waals surface area contributed by atoms with Crippen molar-refractivity contribution in [1.29, 1.82) is 0 Å². The zero-order valence-electron chi connectivity index (χ0n) is 17.8. The monoisotopic (exact) mass is 434 g/mol. The summed E-state index contributed by atoms with van der Waals surface area (Å²) in [6, 6.07) is 6.26. The summed E-state index contributed by atoms with van der Waals surface area (Å²) in [6.07, 6.45) is 2.33. The summed E-state index contributed by atoms with van der Waals surface area (Å²) in [4.78, 5) is 21.8. The van der Waals surface area contributed by atoms with E-state index in [4.69, 9.17) is 4.74 Å². The number of nitrogens with one attached hydrogen (secondary N) is 1. The summed E-state index contributed by atoms with van der Waals surface area (Å²) in [5.74, 6) is 0.832. The van der Waals surface area contributed by atoms with Crippen LogP contribution in [0.5, 0.6) is 5.75 Å². The molecule has 8 nitrogen and oxygen atoms in total. The van der Waals surface area contributed by atoms with Gasteiger partial charge in [-0.2, -0.15) is 4.31 Å². The number of sulfonamides is 1. The SMILES string of the molecule is CCCOc1ccc(S(=O)(=O)N2CCN(C)CC2)cc1-c1nc(CCC)cc(=O)[nH]1. The fourth-order valence-electron chi connectivity index (χ4n) is 3.39. The Bertz CT molecular complexity index is 1030. The van der Waals surface area contributed by atoms with Gasteiger partial charge < -0.3 is 14.6 Å². The van der Waals surface area contributed by atoms with Crippen LogP contribution in [-0.4, -0.2) is 67.4 Å². The maximum absolute atomic E-state index is 13.2. The average Bonchev–Trinajstić information content (AvgIpc) is 2.72. The third-order valence-electron chi connectivity index (χ3n) is 5.07. The first kappa shape index (κ1) is 22.5. The van der Waals surface area contributed by atoms with Crippen molar-refractivity contribution in [3.05, 3.63) is 40.3 Å². The maximum atomic E-state index is 13.2. The van der Waals surface area contributed by atoms with Crippen LogP contribution in [0.4, 0.5) is 0 Å². The number of hydrogen-bond acceptors (Lipinski definition) is 6. The molecular formula is C21H30N4O4S. The van der Waals surface area contributed by atoms with Gasteiger partial charge in [0.2, 0.25) is 10.0 Å². The van der Waals surface area contributed by atoms with Crippen molar-refractivity contribution < 1.29 is 13.2 Å². The van der Waals surface area contributed by atoms with Gasteiger partial charge in [-0.25, -0.2) is 13.4 Å². The van der Waals surface area contributed by atoms with Crippen LogP contribution >= 0.6 is 0 Å². The van der Waals surface area contributed by atoms with E-state index in [1.54, 1.807) is 18.2 Å². The smallest absolute Gasteiger partial charge is 0.251 e. The summed E-state index contributed by atoms with van der Waals surface area (Å²) in [5.41, 5.74) is 0.885. The van der Waals surface area contributed by atoms with Crippen molar-refractivity contribution in [1.82, 2.24) is 19.2 Å². The van der Waals surface area contributed by atoms with Crippen LogP contribution in [0.3, 0.4) is 0 Å². The molecule has 164 valence electrons. The molecule has 30 heavy (non-hydrogen) atoms. The molecule has 2 aromatic rings. The number of benzene rings is 1. The number of likely N-dealkylation sites (N-methyl/N-ethyl adjacent to an activating group) is 1. The van der Waals surface area contributed by atoms with Gasteiger partial charge in [-0.3, -0.25) is 4.79 Å². The Morgan fingerprint density at radius 3 is 2.50 bits per heavy atom. The Morgan fingerprint density at radius 1 is 1.10 bits per heavy atom. The van der Waals surface area contributed by atoms with Gasteiger partial charge in [0.1, 0.15) is 11.6 Å². The van der Waals surface area contributed by atoms with E-state index in [1.165, 1.54) is 10.4 Å². The molecule has 0 bridgehead atoms. The van der Waals surface area contributed by atoms with Crippen molar-refractivity contribution >= 4 is 10.0 Å². The highest BCUT2D eigenvalue weighted by atomic mass is 32.2. The summed E-state index contributed by atoms with van der Waals surface area (Å²) < 4.78 is 33.8. The highest BCUT2D eigenvalue weighted by Gasteiger charge is 2.28. The van der Waals surface area contributed by atoms with Gasteiger partial charge in [0.05, 0.1) is 17.1 Å². The van der Waals surface area contributed by atoms with E-state index in [0.29, 0.717) is 62.0 Å². The molecule has 0 unspecified atom stereocenters. The Balaban J connectivity index is 2.06. The Hall–Kier alpha value is -2.23. The highest BCUT2D eigenvalue weighted by Crippen LogP contribution is 2.31. The van der Waals surface area contributed by atoms with Gasteiger partial charge in [0.25, 0.3) is 5.56 Å². The van der Waals surface area contributed by atoms with Crippen molar-refractivity contribution in [2.24, 2.45) is 0 Å². The molecule has 3 rings (SSSR count). The zero-order chi connectivity index (χ0) is 21.7. The maximum Gasteiger partial charge on any atom is 0.251 e. The number of aryl methyl sites for hydroxylation is 1. The predicted molar refractivity (Wildman–Crippen MR) is 116 cm³/mol. The van der Waals surface area contributed by atoms with Gasteiger partial charge in [-0.15, -0.1) is 0 Å². The minimum atomic E-state index is -3.65. The molecule has 1 aliphatic heterocycles. The van der Waals surface area contributed by atoms with Crippen LogP contribution in [0.1, 0.15) is 32.4 Å². The lowest BCUT2D eigenvalue weighted by Gasteiger charge is -2.31. The van der Waals surface area contributed by atoms with Gasteiger partial charge in [0.15, 0.2) is 0 Å². The zero-order valence-corrected chi connectivity index (χ0v) is 18.7. The number of hydrogen-bond donors (Lipinski definition) is 1. The molecule has 0 aliphatic carbocycles. The van der Waals surface area contributed by atoms with Crippen LogP contribution in [-0.2, 0) is 16.4 Å². The van der Waals surface area contributed by atoms with Crippen molar-refractivity contribution in [2.75, 3.05) is 39.8 Å². The molecule has 1 aromatic heterocycles. The van der Waals surface area contributed by atoms with E-state index in [0.717, 1.165) is 12.8 Å². The molecule has 1 N–H and O–H groups in total. The van der Waals surface area contributed by atoms with Crippen molar-refractivity contribution in [3.63, 3.8) is 0 Å². The first-order chi connectivity index (χ1) is 14.3. The minimum Gasteiger partial charge on any atom is -0.493 e. The summed E-state index contributed by atoms with van der Waals surface area (Å²) in [7, 11) is -1.67. The van der Waals surface area contributed by atoms with Crippen LogP contribution in [0.25, 0.3) is 11.4 Å². The lowest BCUT2D eigenvalue weighted by atomic mass is 10.1. The predicted octanol–water partition coefficient (Wildman–Crippen LogP) is 2.11. The molecule has 9 heteroatoms. The topological polar surface area (TPSA) is 95.6 Å². The molecule has 1 aromatic carbocycles. The molecule has 1 saturated heterocycles. The molecule has 1 aliphatic rings. The lowest BCUT2D eigenvalue weighted by Crippen LogP contribution is -2.47. The van der Waals surface area contributed by atoms with E-state index in [2.05, 4.69) is 14.9 Å². The molecular weight excluding hydrogens is 404 g/mol. The number of aromatic nitrogens is 2. The van der Waals surface area contributed by atoms with Gasteiger partial charge in [0, 0.05) is 37.9 Å². The molecule has 0 amide bonds. The van der Waals surface area contributed by atoms with Crippen molar-refractivity contribution in [2.45, 2.75) is 38.0 Å². The minimum absolute atomic E-state index is 0.175. The van der Waals surface area contributed by atoms with Gasteiger partial charge >= 0.3 is 0 Å². The van der Waals surface area contributed by atoms with E-state index in [1.807, 2.05) is 20.9 Å². The third-order valence-corrected chi connectivity index (χ3v) is 6.96. The molecule has 2 heterocycles. The van der Waals surface area contributed by atoms with Crippen LogP contribution in [0.15, 0.2) is 34.0 Å². The average molecular weight is 435 g/mol. The molecule has 0 atom stereocenters. The van der Waals surface area contributed by atoms with Crippen LogP contribution in [0.2, 0.25) is 0 Å². The fourth-order valence-corrected chi connectivity index (χ4v) is 4.84. The normalized spacial score (nSPS) is 16.0. The second kappa shape index (κ2) is 9.72. The standard InChI is InChI=1S/C21H30N4O4S/c1-4-6-16-14-20(26)23-21(22-16)18-15-17(7-8-19(18)29-13-5-2)30(27,28)25-11-9-24(3)10-12-25/h7-8,14-15H,4-6,9-13H2,1-3H3,(H,22,23,26). The fraction of sp³-hybridized carbons (Fsp3) is 0.524. The largest absolute Gasteiger partial charge is 0.493 e. The quantitative estimate of drug-likeness (QED) is 0.684. The number of piperazine rings is 1. The first-order valence-corrected chi connectivity index (χ1v) is 11.8. The number of nitrogens with zero attached hydrogens (tertiary/aromatic N) is 3.